The maximum absolute atomic E-state index is 2.30. The summed E-state index contributed by atoms with van der Waals surface area (Å²) in [7, 11) is 1.07. The van der Waals surface area contributed by atoms with Crippen molar-refractivity contribution in [3.8, 4) is 0 Å². The fourth-order valence-electron chi connectivity index (χ4n) is 1.54. The Balaban J connectivity index is 2.95. The van der Waals surface area contributed by atoms with Gasteiger partial charge in [-0.2, -0.15) is 0 Å². The van der Waals surface area contributed by atoms with Crippen molar-refractivity contribution in [1.82, 2.24) is 4.23 Å². The van der Waals surface area contributed by atoms with E-state index in [4.69, 9.17) is 0 Å². The predicted octanol–water partition coefficient (Wildman–Crippen LogP) is 1.08. The van der Waals surface area contributed by atoms with E-state index in [0.717, 1.165) is 10.4 Å². The molecule has 2 rings (SSSR count). The second-order valence-corrected chi connectivity index (χ2v) is 3.90. The number of aromatic nitrogens is 1. The molecule has 0 radical (unpaired) electrons. The third-order valence-electron chi connectivity index (χ3n) is 2.10. The third-order valence-corrected chi connectivity index (χ3v) is 2.84. The number of fused-ring (bicyclic) bond motifs is 1. The van der Waals surface area contributed by atoms with Gasteiger partial charge in [0.25, 0.3) is 0 Å². The van der Waals surface area contributed by atoms with Crippen molar-refractivity contribution >= 4 is 21.3 Å². The molecule has 0 atom stereocenters. The predicted molar refractivity (Wildman–Crippen MR) is 52.0 cm³/mol. The molecule has 1 aromatic heterocycles. The van der Waals surface area contributed by atoms with E-state index in [0.29, 0.717) is 0 Å². The number of nitrogens with zero attached hydrogens (tertiary/aromatic N) is 1. The highest BCUT2D eigenvalue weighted by Gasteiger charge is 1.98. The Hall–Kier alpha value is -1.02. The summed E-state index contributed by atoms with van der Waals surface area (Å²) in [6, 6.07) is 8.54. The molecule has 0 aliphatic rings. The summed E-state index contributed by atoms with van der Waals surface area (Å²) in [4.78, 5) is 0. The number of benzene rings is 1. The van der Waals surface area contributed by atoms with E-state index in [-0.39, 0.29) is 0 Å². The van der Waals surface area contributed by atoms with Crippen molar-refractivity contribution in [2.75, 3.05) is 0 Å². The molecule has 2 aromatic rings. The van der Waals surface area contributed by atoms with Crippen LogP contribution in [0.5, 0.6) is 0 Å². The van der Waals surface area contributed by atoms with E-state index in [2.05, 4.69) is 41.6 Å². The Kier molecular flexibility index (Phi) is 1.36. The Labute approximate surface area is 69.1 Å². The molecule has 1 heterocycles. The molecule has 0 N–H and O–H groups in total. The lowest BCUT2D eigenvalue weighted by molar-refractivity contribution is 1.30. The fraction of sp³-hybridized carbons (Fsp3) is 0.111. The molecule has 0 fully saturated rings. The molecule has 1 nitrogen and oxygen atoms in total. The van der Waals surface area contributed by atoms with E-state index in [1.165, 1.54) is 16.5 Å². The molecule has 0 aliphatic heterocycles. The van der Waals surface area contributed by atoms with Gasteiger partial charge in [0, 0.05) is 10.9 Å². The van der Waals surface area contributed by atoms with Crippen LogP contribution in [0, 0.1) is 6.92 Å². The number of para-hydroxylation sites is 1. The number of hydrogen-bond acceptors (Lipinski definition) is 0. The van der Waals surface area contributed by atoms with E-state index in [9.17, 15) is 0 Å². The van der Waals surface area contributed by atoms with Crippen molar-refractivity contribution in [3.63, 3.8) is 0 Å². The van der Waals surface area contributed by atoms with Gasteiger partial charge in [0.2, 0.25) is 0 Å². The maximum atomic E-state index is 2.30. The van der Waals surface area contributed by atoms with E-state index < -0.39 is 0 Å². The molecule has 0 bridgehead atoms. The first-order valence-corrected chi connectivity index (χ1v) is 4.69. The smallest absolute Gasteiger partial charge is 0.113 e. The van der Waals surface area contributed by atoms with Gasteiger partial charge in [-0.1, -0.05) is 18.2 Å². The van der Waals surface area contributed by atoms with Crippen molar-refractivity contribution in [2.24, 2.45) is 0 Å². The zero-order valence-corrected chi connectivity index (χ0v) is 8.83. The molecule has 0 saturated carbocycles. The molecule has 0 aliphatic carbocycles. The number of rotatable bonds is 0. The highest BCUT2D eigenvalue weighted by Crippen LogP contribution is 2.17. The molecule has 0 unspecified atom stereocenters. The quantitative estimate of drug-likeness (QED) is 0.510. The van der Waals surface area contributed by atoms with Crippen LogP contribution in [0.3, 0.4) is 0 Å². The normalized spacial score (nSPS) is 11.0. The summed E-state index contributed by atoms with van der Waals surface area (Å²) in [6.07, 6.45) is 2.22. The minimum Gasteiger partial charge on any atom is -0.383 e. The Morgan fingerprint density at radius 2 is 2.00 bits per heavy atom. The van der Waals surface area contributed by atoms with Gasteiger partial charge in [-0.25, -0.2) is 0 Å². The van der Waals surface area contributed by atoms with Gasteiger partial charge in [-0.15, -0.1) is 0 Å². The Morgan fingerprint density at radius 1 is 1.27 bits per heavy atom. The van der Waals surface area contributed by atoms with Gasteiger partial charge >= 0.3 is 0 Å². The van der Waals surface area contributed by atoms with Gasteiger partial charge in [0.15, 0.2) is 0 Å². The highest BCUT2D eigenvalue weighted by atomic mass is 28.2. The lowest BCUT2D eigenvalue weighted by atomic mass is 10.2. The van der Waals surface area contributed by atoms with Gasteiger partial charge in [-0.05, 0) is 24.8 Å². The summed E-state index contributed by atoms with van der Waals surface area (Å²) >= 11 is 0. The maximum Gasteiger partial charge on any atom is 0.113 e. The van der Waals surface area contributed by atoms with Crippen molar-refractivity contribution < 1.29 is 0 Å². The summed E-state index contributed by atoms with van der Waals surface area (Å²) in [5.74, 6) is 0. The average molecular weight is 161 g/mol. The fourth-order valence-corrected chi connectivity index (χ4v) is 2.32. The molecule has 2 heteroatoms. The number of aryl methyl sites for hydroxylation is 1. The molecule has 1 aromatic carbocycles. The Morgan fingerprint density at radius 3 is 2.73 bits per heavy atom. The van der Waals surface area contributed by atoms with Crippen LogP contribution in [0.1, 0.15) is 5.56 Å². The van der Waals surface area contributed by atoms with Crippen LogP contribution in [0.15, 0.2) is 30.5 Å². The first-order chi connectivity index (χ1) is 5.29. The largest absolute Gasteiger partial charge is 0.383 e. The van der Waals surface area contributed by atoms with Crippen LogP contribution in [-0.4, -0.2) is 14.6 Å². The summed E-state index contributed by atoms with van der Waals surface area (Å²) < 4.78 is 2.30. The zero-order valence-electron chi connectivity index (χ0n) is 6.83. The van der Waals surface area contributed by atoms with Gasteiger partial charge in [-0.3, -0.25) is 0 Å². The van der Waals surface area contributed by atoms with Crippen LogP contribution in [0.25, 0.3) is 10.9 Å². The van der Waals surface area contributed by atoms with Gasteiger partial charge in [0.1, 0.15) is 10.4 Å². The second-order valence-electron chi connectivity index (χ2n) is 2.94. The van der Waals surface area contributed by atoms with Gasteiger partial charge < -0.3 is 4.23 Å². The van der Waals surface area contributed by atoms with E-state index in [1.54, 1.807) is 0 Å². The summed E-state index contributed by atoms with van der Waals surface area (Å²) in [5.41, 5.74) is 2.76. The van der Waals surface area contributed by atoms with Crippen LogP contribution < -0.4 is 0 Å². The first-order valence-electron chi connectivity index (χ1n) is 3.80. The van der Waals surface area contributed by atoms with Crippen molar-refractivity contribution in [3.05, 3.63) is 36.0 Å². The Bertz CT molecular complexity index is 353. The molecule has 0 spiro atoms. The molecule has 56 valence electrons. The van der Waals surface area contributed by atoms with Gasteiger partial charge in [0.05, 0.1) is 0 Å². The summed E-state index contributed by atoms with van der Waals surface area (Å²) in [6.45, 7) is 2.16. The van der Waals surface area contributed by atoms with E-state index >= 15 is 0 Å². The summed E-state index contributed by atoms with van der Waals surface area (Å²) in [5, 5.41) is 1.39. The SMILES string of the molecule is Cc1cn([SiH3])c2ccccc12. The van der Waals surface area contributed by atoms with Crippen LogP contribution in [0.2, 0.25) is 0 Å². The third kappa shape index (κ3) is 0.905. The lowest BCUT2D eigenvalue weighted by Crippen LogP contribution is -1.85. The second kappa shape index (κ2) is 2.24. The van der Waals surface area contributed by atoms with Crippen LogP contribution in [0.4, 0.5) is 0 Å². The molecular formula is C9H11NSi. The standard InChI is InChI=1S/C9H11NSi/c1-7-6-10(11)9-5-3-2-4-8(7)9/h2-6H,1,11H3. The monoisotopic (exact) mass is 161 g/mol. The van der Waals surface area contributed by atoms with Crippen LogP contribution >= 0.6 is 0 Å². The molecular weight excluding hydrogens is 150 g/mol. The minimum atomic E-state index is 1.07. The topological polar surface area (TPSA) is 4.93 Å². The first kappa shape index (κ1) is 6.67. The zero-order chi connectivity index (χ0) is 7.84. The average Bonchev–Trinajstić information content (AvgIpc) is 2.30. The molecule has 0 amide bonds. The van der Waals surface area contributed by atoms with Crippen molar-refractivity contribution in [2.45, 2.75) is 6.92 Å². The lowest BCUT2D eigenvalue weighted by Gasteiger charge is -1.93. The minimum absolute atomic E-state index is 1.07. The molecule has 11 heavy (non-hydrogen) atoms. The van der Waals surface area contributed by atoms with E-state index in [1.807, 2.05) is 0 Å². The van der Waals surface area contributed by atoms with Crippen molar-refractivity contribution in [1.29, 1.82) is 0 Å². The number of hydrogen-bond donors (Lipinski definition) is 0. The highest BCUT2D eigenvalue weighted by molar-refractivity contribution is 6.12. The van der Waals surface area contributed by atoms with Crippen LogP contribution in [-0.2, 0) is 0 Å². The molecule has 0 saturated heterocycles.